The second-order valence-electron chi connectivity index (χ2n) is 4.66. The van der Waals surface area contributed by atoms with E-state index in [1.54, 1.807) is 24.3 Å². The first-order chi connectivity index (χ1) is 10.5. The highest BCUT2D eigenvalue weighted by molar-refractivity contribution is 5.92. The van der Waals surface area contributed by atoms with Crippen LogP contribution in [0.3, 0.4) is 0 Å². The standard InChI is InChI=1S/C15H10N2O5/c16-8-3-1-7(2-4-8)15-14(20)13(19)12-10(17-21)5-9(18)6-11(12)22-15/h1-6,18,20H,16H2. The molecule has 0 atom stereocenters. The van der Waals surface area contributed by atoms with Crippen LogP contribution in [0.15, 0.2) is 50.8 Å². The molecule has 0 saturated carbocycles. The van der Waals surface area contributed by atoms with Gasteiger partial charge in [0.2, 0.25) is 11.2 Å². The van der Waals surface area contributed by atoms with E-state index in [0.29, 0.717) is 11.3 Å². The van der Waals surface area contributed by atoms with Gasteiger partial charge in [-0.3, -0.25) is 4.79 Å². The fourth-order valence-corrected chi connectivity index (χ4v) is 2.18. The third kappa shape index (κ3) is 2.05. The Hall–Kier alpha value is -3.35. The summed E-state index contributed by atoms with van der Waals surface area (Å²) in [6.07, 6.45) is 0. The molecular formula is C15H10N2O5. The number of nitrogen functional groups attached to an aromatic ring is 1. The lowest BCUT2D eigenvalue weighted by Crippen LogP contribution is -2.03. The molecule has 0 aliphatic carbocycles. The third-order valence-corrected chi connectivity index (χ3v) is 3.21. The zero-order valence-corrected chi connectivity index (χ0v) is 11.1. The summed E-state index contributed by atoms with van der Waals surface area (Å²) < 4.78 is 5.47. The number of nitroso groups, excluding NO2 is 1. The summed E-state index contributed by atoms with van der Waals surface area (Å²) in [6.45, 7) is 0. The number of anilines is 1. The van der Waals surface area contributed by atoms with E-state index < -0.39 is 11.2 Å². The monoisotopic (exact) mass is 298 g/mol. The number of phenolic OH excluding ortho intramolecular Hbond substituents is 1. The minimum Gasteiger partial charge on any atom is -0.508 e. The first kappa shape index (κ1) is 13.6. The SMILES string of the molecule is Nc1ccc(-c2oc3cc(O)cc(N=O)c3c(=O)c2O)cc1. The minimum atomic E-state index is -0.803. The maximum atomic E-state index is 12.3. The Morgan fingerprint density at radius 1 is 1.09 bits per heavy atom. The van der Waals surface area contributed by atoms with Crippen LogP contribution < -0.4 is 11.2 Å². The van der Waals surface area contributed by atoms with E-state index in [-0.39, 0.29) is 28.2 Å². The summed E-state index contributed by atoms with van der Waals surface area (Å²) in [5, 5.41) is 22.1. The average Bonchev–Trinajstić information content (AvgIpc) is 2.50. The summed E-state index contributed by atoms with van der Waals surface area (Å²) in [5.41, 5.74) is 5.36. The van der Waals surface area contributed by atoms with Gasteiger partial charge in [0.05, 0.1) is 5.39 Å². The average molecular weight is 298 g/mol. The number of nitrogens with two attached hydrogens (primary N) is 1. The van der Waals surface area contributed by atoms with Gasteiger partial charge >= 0.3 is 0 Å². The Balaban J connectivity index is 2.39. The van der Waals surface area contributed by atoms with Crippen LogP contribution in [0.5, 0.6) is 11.5 Å². The van der Waals surface area contributed by atoms with Gasteiger partial charge in [-0.25, -0.2) is 0 Å². The topological polar surface area (TPSA) is 126 Å². The summed E-state index contributed by atoms with van der Waals surface area (Å²) >= 11 is 0. The van der Waals surface area contributed by atoms with E-state index in [0.717, 1.165) is 6.07 Å². The quantitative estimate of drug-likeness (QED) is 0.493. The number of hydrogen-bond acceptors (Lipinski definition) is 7. The molecule has 0 aliphatic rings. The predicted molar refractivity (Wildman–Crippen MR) is 81.1 cm³/mol. The highest BCUT2D eigenvalue weighted by atomic mass is 16.4. The largest absolute Gasteiger partial charge is 0.508 e. The lowest BCUT2D eigenvalue weighted by atomic mass is 10.1. The molecule has 2 aromatic carbocycles. The van der Waals surface area contributed by atoms with Crippen molar-refractivity contribution in [3.05, 3.63) is 51.5 Å². The molecule has 7 nitrogen and oxygen atoms in total. The molecule has 0 unspecified atom stereocenters. The molecule has 1 heterocycles. The normalized spacial score (nSPS) is 10.7. The zero-order valence-electron chi connectivity index (χ0n) is 11.1. The fourth-order valence-electron chi connectivity index (χ4n) is 2.18. The van der Waals surface area contributed by atoms with Gasteiger partial charge in [0, 0.05) is 23.4 Å². The molecule has 0 fully saturated rings. The number of nitrogens with zero attached hydrogens (tertiary/aromatic N) is 1. The second kappa shape index (κ2) is 4.88. The minimum absolute atomic E-state index is 0.0516. The van der Waals surface area contributed by atoms with E-state index in [9.17, 15) is 19.9 Å². The highest BCUT2D eigenvalue weighted by Crippen LogP contribution is 2.35. The smallest absolute Gasteiger partial charge is 0.237 e. The molecule has 0 radical (unpaired) electrons. The zero-order chi connectivity index (χ0) is 15.9. The van der Waals surface area contributed by atoms with Gasteiger partial charge < -0.3 is 20.4 Å². The van der Waals surface area contributed by atoms with Gasteiger partial charge in [-0.1, -0.05) is 0 Å². The van der Waals surface area contributed by atoms with Gasteiger partial charge in [0.15, 0.2) is 5.76 Å². The van der Waals surface area contributed by atoms with Crippen molar-refractivity contribution >= 4 is 22.3 Å². The molecule has 1 aromatic heterocycles. The van der Waals surface area contributed by atoms with Crippen LogP contribution in [0.25, 0.3) is 22.3 Å². The Kier molecular flexibility index (Phi) is 3.03. The summed E-state index contributed by atoms with van der Waals surface area (Å²) in [5.74, 6) is -1.01. The van der Waals surface area contributed by atoms with Gasteiger partial charge in [-0.15, -0.1) is 4.91 Å². The fraction of sp³-hybridized carbons (Fsp3) is 0. The molecular weight excluding hydrogens is 288 g/mol. The molecule has 0 bridgehead atoms. The van der Waals surface area contributed by atoms with E-state index in [2.05, 4.69) is 5.18 Å². The molecule has 3 rings (SSSR count). The maximum Gasteiger partial charge on any atom is 0.237 e. The predicted octanol–water partition coefficient (Wildman–Crippen LogP) is 2.85. The van der Waals surface area contributed by atoms with E-state index in [1.165, 1.54) is 6.07 Å². The van der Waals surface area contributed by atoms with E-state index in [1.807, 2.05) is 0 Å². The van der Waals surface area contributed by atoms with Crippen LogP contribution >= 0.6 is 0 Å². The number of phenols is 1. The summed E-state index contributed by atoms with van der Waals surface area (Å²) in [4.78, 5) is 23.1. The second-order valence-corrected chi connectivity index (χ2v) is 4.66. The molecule has 0 spiro atoms. The van der Waals surface area contributed by atoms with Crippen LogP contribution in [0.4, 0.5) is 11.4 Å². The van der Waals surface area contributed by atoms with E-state index >= 15 is 0 Å². The summed E-state index contributed by atoms with van der Waals surface area (Å²) in [7, 11) is 0. The van der Waals surface area contributed by atoms with Gasteiger partial charge in [0.1, 0.15) is 17.0 Å². The first-order valence-electron chi connectivity index (χ1n) is 6.23. The van der Waals surface area contributed by atoms with Crippen LogP contribution in [-0.2, 0) is 0 Å². The first-order valence-corrected chi connectivity index (χ1v) is 6.23. The number of fused-ring (bicyclic) bond motifs is 1. The molecule has 0 aliphatic heterocycles. The molecule has 22 heavy (non-hydrogen) atoms. The summed E-state index contributed by atoms with van der Waals surface area (Å²) in [6, 6.07) is 8.50. The lowest BCUT2D eigenvalue weighted by Gasteiger charge is -2.07. The molecule has 0 saturated heterocycles. The van der Waals surface area contributed by atoms with Crippen molar-refractivity contribution in [1.29, 1.82) is 0 Å². The molecule has 3 aromatic rings. The van der Waals surface area contributed by atoms with Crippen LogP contribution in [0.1, 0.15) is 0 Å². The van der Waals surface area contributed by atoms with Crippen molar-refractivity contribution < 1.29 is 14.6 Å². The van der Waals surface area contributed by atoms with Gasteiger partial charge in [-0.2, -0.15) is 0 Å². The number of benzene rings is 2. The van der Waals surface area contributed by atoms with Crippen molar-refractivity contribution in [2.24, 2.45) is 5.18 Å². The van der Waals surface area contributed by atoms with Crippen LogP contribution in [0, 0.1) is 4.91 Å². The van der Waals surface area contributed by atoms with Crippen molar-refractivity contribution in [2.75, 3.05) is 5.73 Å². The van der Waals surface area contributed by atoms with Crippen molar-refractivity contribution in [2.45, 2.75) is 0 Å². The van der Waals surface area contributed by atoms with Crippen molar-refractivity contribution in [3.63, 3.8) is 0 Å². The van der Waals surface area contributed by atoms with Gasteiger partial charge in [-0.05, 0) is 29.4 Å². The highest BCUT2D eigenvalue weighted by Gasteiger charge is 2.19. The van der Waals surface area contributed by atoms with Gasteiger partial charge in [0.25, 0.3) is 0 Å². The Labute approximate surface area is 123 Å². The number of hydrogen-bond donors (Lipinski definition) is 3. The van der Waals surface area contributed by atoms with Crippen LogP contribution in [0.2, 0.25) is 0 Å². The number of aromatic hydroxyl groups is 2. The number of rotatable bonds is 2. The molecule has 7 heteroatoms. The Morgan fingerprint density at radius 3 is 2.41 bits per heavy atom. The molecule has 4 N–H and O–H groups in total. The lowest BCUT2D eigenvalue weighted by molar-refractivity contribution is 0.447. The molecule has 110 valence electrons. The maximum absolute atomic E-state index is 12.3. The Bertz CT molecular complexity index is 945. The third-order valence-electron chi connectivity index (χ3n) is 3.21. The van der Waals surface area contributed by atoms with E-state index in [4.69, 9.17) is 10.2 Å². The van der Waals surface area contributed by atoms with Crippen molar-refractivity contribution in [3.8, 4) is 22.8 Å². The van der Waals surface area contributed by atoms with Crippen molar-refractivity contribution in [1.82, 2.24) is 0 Å². The van der Waals surface area contributed by atoms with Crippen LogP contribution in [-0.4, -0.2) is 10.2 Å². The Morgan fingerprint density at radius 2 is 1.77 bits per heavy atom. The molecule has 0 amide bonds.